The fourth-order valence-electron chi connectivity index (χ4n) is 2.48. The Hall–Kier alpha value is -3.17. The summed E-state index contributed by atoms with van der Waals surface area (Å²) in [6.45, 7) is 1.26. The van der Waals surface area contributed by atoms with Gasteiger partial charge in [0.2, 0.25) is 5.91 Å². The summed E-state index contributed by atoms with van der Waals surface area (Å²) in [5.41, 5.74) is -0.537. The molecular weight excluding hydrogens is 437 g/mol. The van der Waals surface area contributed by atoms with Crippen molar-refractivity contribution in [2.24, 2.45) is 0 Å². The molecule has 0 atom stereocenters. The fourth-order valence-corrected chi connectivity index (χ4v) is 2.97. The van der Waals surface area contributed by atoms with Gasteiger partial charge in [-0.25, -0.2) is 4.79 Å². The van der Waals surface area contributed by atoms with Gasteiger partial charge in [0.05, 0.1) is 39.4 Å². The highest BCUT2D eigenvalue weighted by molar-refractivity contribution is 6.39. The number of non-ortho nitro benzene ring substituents is 1. The first-order valence-corrected chi connectivity index (χ1v) is 9.35. The molecule has 0 aliphatic rings. The van der Waals surface area contributed by atoms with Gasteiger partial charge < -0.3 is 15.0 Å². The van der Waals surface area contributed by atoms with E-state index in [9.17, 15) is 24.5 Å². The molecule has 0 radical (unpaired) electrons. The van der Waals surface area contributed by atoms with Gasteiger partial charge in [-0.15, -0.1) is 0 Å². The predicted octanol–water partition coefficient (Wildman–Crippen LogP) is 3.79. The molecule has 2 aromatic carbocycles. The van der Waals surface area contributed by atoms with Crippen molar-refractivity contribution in [2.45, 2.75) is 6.92 Å². The number of nitrogens with one attached hydrogen (secondary N) is 1. The van der Waals surface area contributed by atoms with Crippen LogP contribution in [0, 0.1) is 10.1 Å². The molecule has 0 aliphatic heterocycles. The van der Waals surface area contributed by atoms with Gasteiger partial charge in [-0.3, -0.25) is 19.7 Å². The molecule has 11 heteroatoms. The summed E-state index contributed by atoms with van der Waals surface area (Å²) in [6.07, 6.45) is 0. The van der Waals surface area contributed by atoms with Crippen molar-refractivity contribution in [3.8, 4) is 0 Å². The highest BCUT2D eigenvalue weighted by atomic mass is 35.5. The van der Waals surface area contributed by atoms with Crippen LogP contribution in [-0.2, 0) is 9.53 Å². The van der Waals surface area contributed by atoms with Crippen LogP contribution in [0.4, 0.5) is 11.4 Å². The number of hydrogen-bond donors (Lipinski definition) is 1. The molecule has 2 aromatic rings. The van der Waals surface area contributed by atoms with Gasteiger partial charge in [0, 0.05) is 24.7 Å². The van der Waals surface area contributed by atoms with Crippen molar-refractivity contribution in [2.75, 3.05) is 25.5 Å². The number of nitrogens with zero attached hydrogens (tertiary/aromatic N) is 2. The Balaban J connectivity index is 2.21. The zero-order valence-corrected chi connectivity index (χ0v) is 17.5. The number of ether oxygens (including phenoxy) is 1. The van der Waals surface area contributed by atoms with Crippen LogP contribution in [0.3, 0.4) is 0 Å². The number of rotatable bonds is 7. The van der Waals surface area contributed by atoms with Crippen molar-refractivity contribution >= 4 is 52.4 Å². The molecule has 0 unspecified atom stereocenters. The van der Waals surface area contributed by atoms with E-state index >= 15 is 0 Å². The minimum atomic E-state index is -0.802. The van der Waals surface area contributed by atoms with Gasteiger partial charge in [-0.1, -0.05) is 29.3 Å². The number of halogens is 2. The third kappa shape index (κ3) is 5.68. The summed E-state index contributed by atoms with van der Waals surface area (Å²) < 4.78 is 4.84. The highest BCUT2D eigenvalue weighted by Gasteiger charge is 2.22. The number of carbonyl (C=O) groups is 3. The molecule has 30 heavy (non-hydrogen) atoms. The Morgan fingerprint density at radius 1 is 1.13 bits per heavy atom. The molecule has 0 spiro atoms. The zero-order chi connectivity index (χ0) is 22.4. The van der Waals surface area contributed by atoms with Crippen molar-refractivity contribution in [1.29, 1.82) is 0 Å². The van der Waals surface area contributed by atoms with E-state index in [2.05, 4.69) is 5.32 Å². The third-order valence-corrected chi connectivity index (χ3v) is 4.47. The van der Waals surface area contributed by atoms with E-state index in [0.29, 0.717) is 0 Å². The highest BCUT2D eigenvalue weighted by Crippen LogP contribution is 2.29. The van der Waals surface area contributed by atoms with Gasteiger partial charge >= 0.3 is 5.97 Å². The number of benzene rings is 2. The number of carbonyl (C=O) groups excluding carboxylic acids is 3. The Bertz CT molecular complexity index is 992. The van der Waals surface area contributed by atoms with Gasteiger partial charge in [-0.05, 0) is 25.1 Å². The molecule has 2 amide bonds. The van der Waals surface area contributed by atoms with E-state index < -0.39 is 34.9 Å². The minimum Gasteiger partial charge on any atom is -0.462 e. The molecule has 9 nitrogen and oxygen atoms in total. The smallest absolute Gasteiger partial charge is 0.338 e. The quantitative estimate of drug-likeness (QED) is 0.386. The van der Waals surface area contributed by atoms with E-state index in [0.717, 1.165) is 17.0 Å². The lowest BCUT2D eigenvalue weighted by molar-refractivity contribution is -0.384. The van der Waals surface area contributed by atoms with E-state index in [1.54, 1.807) is 13.0 Å². The second-order valence-electron chi connectivity index (χ2n) is 6.05. The maximum atomic E-state index is 12.7. The zero-order valence-electron chi connectivity index (χ0n) is 16.0. The molecule has 158 valence electrons. The van der Waals surface area contributed by atoms with Gasteiger partial charge in [0.1, 0.15) is 0 Å². The van der Waals surface area contributed by atoms with E-state index in [4.69, 9.17) is 27.9 Å². The number of likely N-dealkylation sites (N-methyl/N-ethyl adjacent to an activating group) is 1. The summed E-state index contributed by atoms with van der Waals surface area (Å²) >= 11 is 12.0. The third-order valence-electron chi connectivity index (χ3n) is 3.84. The van der Waals surface area contributed by atoms with E-state index in [-0.39, 0.29) is 33.5 Å². The first kappa shape index (κ1) is 23.1. The lowest BCUT2D eigenvalue weighted by Gasteiger charge is -2.18. The van der Waals surface area contributed by atoms with Gasteiger partial charge in [-0.2, -0.15) is 0 Å². The second-order valence-corrected chi connectivity index (χ2v) is 6.87. The average Bonchev–Trinajstić information content (AvgIpc) is 2.70. The SMILES string of the molecule is CCOC(=O)c1cc(C(=O)N(C)CC(=O)Nc2c(Cl)cccc2Cl)cc([N+](=O)[O-])c1. The lowest BCUT2D eigenvalue weighted by Crippen LogP contribution is -2.35. The number of esters is 1. The largest absolute Gasteiger partial charge is 0.462 e. The van der Waals surface area contributed by atoms with Crippen molar-refractivity contribution in [3.63, 3.8) is 0 Å². The molecule has 0 saturated heterocycles. The number of amides is 2. The Morgan fingerprint density at radius 3 is 2.30 bits per heavy atom. The Morgan fingerprint density at radius 2 is 1.73 bits per heavy atom. The number of nitro benzene ring substituents is 1. The van der Waals surface area contributed by atoms with E-state index in [1.807, 2.05) is 0 Å². The summed E-state index contributed by atoms with van der Waals surface area (Å²) in [4.78, 5) is 48.4. The number of para-hydroxylation sites is 1. The van der Waals surface area contributed by atoms with Crippen LogP contribution in [0.25, 0.3) is 0 Å². The average molecular weight is 454 g/mol. The fraction of sp³-hybridized carbons (Fsp3) is 0.211. The monoisotopic (exact) mass is 453 g/mol. The van der Waals surface area contributed by atoms with Crippen LogP contribution in [0.5, 0.6) is 0 Å². The van der Waals surface area contributed by atoms with Gasteiger partial charge in [0.25, 0.3) is 11.6 Å². The first-order valence-electron chi connectivity index (χ1n) is 8.60. The molecule has 2 rings (SSSR count). The summed E-state index contributed by atoms with van der Waals surface area (Å²) in [7, 11) is 1.33. The topological polar surface area (TPSA) is 119 Å². The molecule has 0 aromatic heterocycles. The molecule has 0 bridgehead atoms. The maximum absolute atomic E-state index is 12.7. The summed E-state index contributed by atoms with van der Waals surface area (Å²) in [5.74, 6) is -2.09. The van der Waals surface area contributed by atoms with Crippen LogP contribution in [-0.4, -0.2) is 47.8 Å². The normalized spacial score (nSPS) is 10.3. The summed E-state index contributed by atoms with van der Waals surface area (Å²) in [6, 6.07) is 7.90. The minimum absolute atomic E-state index is 0.0650. The van der Waals surface area contributed by atoms with Gasteiger partial charge in [0.15, 0.2) is 0 Å². The molecule has 0 saturated carbocycles. The molecule has 0 aliphatic carbocycles. The van der Waals surface area contributed by atoms with Crippen molar-refractivity contribution < 1.29 is 24.0 Å². The van der Waals surface area contributed by atoms with E-state index in [1.165, 1.54) is 25.2 Å². The predicted molar refractivity (Wildman–Crippen MR) is 111 cm³/mol. The first-order chi connectivity index (χ1) is 14.1. The maximum Gasteiger partial charge on any atom is 0.338 e. The number of nitro groups is 1. The number of hydrogen-bond acceptors (Lipinski definition) is 6. The lowest BCUT2D eigenvalue weighted by atomic mass is 10.1. The molecule has 1 N–H and O–H groups in total. The Kier molecular flexibility index (Phi) is 7.73. The number of anilines is 1. The molecular formula is C19H17Cl2N3O6. The van der Waals surface area contributed by atoms with Crippen LogP contribution in [0.15, 0.2) is 36.4 Å². The standard InChI is InChI=1S/C19H17Cl2N3O6/c1-3-30-19(27)12-7-11(8-13(9-12)24(28)29)18(26)23(2)10-16(25)22-17-14(20)5-4-6-15(17)21/h4-9H,3,10H2,1-2H3,(H,22,25). The van der Waals surface area contributed by atoms with Crippen molar-refractivity contribution in [1.82, 2.24) is 4.90 Å². The van der Waals surface area contributed by atoms with Crippen LogP contribution in [0.1, 0.15) is 27.6 Å². The van der Waals surface area contributed by atoms with Crippen LogP contribution in [0.2, 0.25) is 10.0 Å². The second kappa shape index (κ2) is 10.0. The van der Waals surface area contributed by atoms with Crippen LogP contribution < -0.4 is 5.32 Å². The van der Waals surface area contributed by atoms with Crippen molar-refractivity contribution in [3.05, 3.63) is 67.7 Å². The Labute approximate surface area is 181 Å². The molecule has 0 heterocycles. The summed E-state index contributed by atoms with van der Waals surface area (Å²) in [5, 5.41) is 14.1. The van der Waals surface area contributed by atoms with Crippen LogP contribution >= 0.6 is 23.2 Å². The molecule has 0 fully saturated rings.